The average molecular weight is 242 g/mol. The van der Waals surface area contributed by atoms with Gasteiger partial charge in [0.15, 0.2) is 0 Å². The monoisotopic (exact) mass is 242 g/mol. The van der Waals surface area contributed by atoms with Crippen molar-refractivity contribution in [2.45, 2.75) is 45.8 Å². The van der Waals surface area contributed by atoms with Gasteiger partial charge in [0.2, 0.25) is 11.8 Å². The molecule has 0 radical (unpaired) electrons. The molecule has 0 aliphatic carbocycles. The Balaban J connectivity index is 2.77. The highest BCUT2D eigenvalue weighted by molar-refractivity contribution is 5.94. The molecule has 0 aromatic carbocycles. The number of ether oxygens (including phenoxy) is 1. The SMILES string of the molecule is CCOC(C)(C)CN1C(=O)CNC(=O)C1CC. The molecule has 5 heteroatoms. The summed E-state index contributed by atoms with van der Waals surface area (Å²) in [6, 6.07) is -0.365. The molecule has 2 amide bonds. The molecule has 0 bridgehead atoms. The average Bonchev–Trinajstić information content (AvgIpc) is 2.23. The van der Waals surface area contributed by atoms with Crippen LogP contribution in [0, 0.1) is 0 Å². The second-order valence-electron chi connectivity index (χ2n) is 4.86. The minimum atomic E-state index is -0.421. The van der Waals surface area contributed by atoms with Gasteiger partial charge in [-0.25, -0.2) is 0 Å². The van der Waals surface area contributed by atoms with Gasteiger partial charge < -0.3 is 15.0 Å². The second-order valence-corrected chi connectivity index (χ2v) is 4.86. The summed E-state index contributed by atoms with van der Waals surface area (Å²) in [5.41, 5.74) is -0.421. The van der Waals surface area contributed by atoms with E-state index < -0.39 is 5.60 Å². The minimum Gasteiger partial charge on any atom is -0.374 e. The zero-order valence-corrected chi connectivity index (χ0v) is 11.1. The molecule has 1 aliphatic heterocycles. The minimum absolute atomic E-state index is 0.0378. The van der Waals surface area contributed by atoms with Crippen molar-refractivity contribution in [1.29, 1.82) is 0 Å². The lowest BCUT2D eigenvalue weighted by Crippen LogP contribution is -2.61. The number of carbonyl (C=O) groups is 2. The summed E-state index contributed by atoms with van der Waals surface area (Å²) in [7, 11) is 0. The van der Waals surface area contributed by atoms with Gasteiger partial charge in [-0.1, -0.05) is 6.92 Å². The van der Waals surface area contributed by atoms with Crippen LogP contribution in [0.1, 0.15) is 34.1 Å². The van der Waals surface area contributed by atoms with Crippen LogP contribution in [0.15, 0.2) is 0 Å². The lowest BCUT2D eigenvalue weighted by molar-refractivity contribution is -0.150. The Hall–Kier alpha value is -1.10. The van der Waals surface area contributed by atoms with E-state index in [1.807, 2.05) is 27.7 Å². The number of rotatable bonds is 5. The molecule has 5 nitrogen and oxygen atoms in total. The Morgan fingerprint density at radius 3 is 2.59 bits per heavy atom. The standard InChI is InChI=1S/C12H22N2O3/c1-5-9-11(16)13-7-10(15)14(9)8-12(3,4)17-6-2/h9H,5-8H2,1-4H3,(H,13,16). The molecular weight excluding hydrogens is 220 g/mol. The van der Waals surface area contributed by atoms with Gasteiger partial charge in [0.1, 0.15) is 6.04 Å². The van der Waals surface area contributed by atoms with Crippen molar-refractivity contribution in [1.82, 2.24) is 10.2 Å². The van der Waals surface area contributed by atoms with Crippen LogP contribution in [-0.2, 0) is 14.3 Å². The molecule has 1 unspecified atom stereocenters. The van der Waals surface area contributed by atoms with E-state index in [0.717, 1.165) is 0 Å². The summed E-state index contributed by atoms with van der Waals surface area (Å²) in [6.07, 6.45) is 0.625. The first-order valence-corrected chi connectivity index (χ1v) is 6.12. The Morgan fingerprint density at radius 1 is 1.41 bits per heavy atom. The lowest BCUT2D eigenvalue weighted by atomic mass is 10.0. The van der Waals surface area contributed by atoms with Gasteiger partial charge in [0.05, 0.1) is 18.7 Å². The number of nitrogens with one attached hydrogen (secondary N) is 1. The molecule has 0 aromatic rings. The molecule has 1 rings (SSSR count). The highest BCUT2D eigenvalue weighted by atomic mass is 16.5. The summed E-state index contributed by atoms with van der Waals surface area (Å²) in [6.45, 7) is 8.83. The maximum atomic E-state index is 11.8. The molecular formula is C12H22N2O3. The molecule has 1 atom stereocenters. The van der Waals surface area contributed by atoms with Gasteiger partial charge in [0.25, 0.3) is 0 Å². The van der Waals surface area contributed by atoms with Crippen molar-refractivity contribution >= 4 is 11.8 Å². The van der Waals surface area contributed by atoms with Crippen LogP contribution >= 0.6 is 0 Å². The fraction of sp³-hybridized carbons (Fsp3) is 0.833. The molecule has 1 aliphatic rings. The fourth-order valence-electron chi connectivity index (χ4n) is 2.15. The second kappa shape index (κ2) is 5.49. The van der Waals surface area contributed by atoms with Gasteiger partial charge in [-0.05, 0) is 27.2 Å². The lowest BCUT2D eigenvalue weighted by Gasteiger charge is -2.39. The Morgan fingerprint density at radius 2 is 2.06 bits per heavy atom. The largest absolute Gasteiger partial charge is 0.374 e. The van der Waals surface area contributed by atoms with E-state index in [0.29, 0.717) is 19.6 Å². The van der Waals surface area contributed by atoms with Gasteiger partial charge in [-0.15, -0.1) is 0 Å². The Labute approximate surface area is 102 Å². The van der Waals surface area contributed by atoms with Crippen LogP contribution < -0.4 is 5.32 Å². The summed E-state index contributed by atoms with van der Waals surface area (Å²) in [5.74, 6) is -0.108. The summed E-state index contributed by atoms with van der Waals surface area (Å²) >= 11 is 0. The van der Waals surface area contributed by atoms with Crippen LogP contribution in [0.25, 0.3) is 0 Å². The first-order valence-electron chi connectivity index (χ1n) is 6.12. The van der Waals surface area contributed by atoms with E-state index in [9.17, 15) is 9.59 Å². The van der Waals surface area contributed by atoms with Crippen LogP contribution in [-0.4, -0.2) is 48.1 Å². The van der Waals surface area contributed by atoms with Crippen molar-refractivity contribution in [2.24, 2.45) is 0 Å². The number of piperazine rings is 1. The molecule has 1 saturated heterocycles. The first kappa shape index (κ1) is 14.0. The quantitative estimate of drug-likeness (QED) is 0.765. The Kier molecular flexibility index (Phi) is 4.51. The van der Waals surface area contributed by atoms with E-state index in [1.165, 1.54) is 0 Å². The number of carbonyl (C=O) groups excluding carboxylic acids is 2. The van der Waals surface area contributed by atoms with Crippen molar-refractivity contribution in [2.75, 3.05) is 19.7 Å². The third-order valence-electron chi connectivity index (χ3n) is 2.89. The van der Waals surface area contributed by atoms with Crippen LogP contribution in [0.2, 0.25) is 0 Å². The van der Waals surface area contributed by atoms with Crippen molar-refractivity contribution in [3.8, 4) is 0 Å². The molecule has 1 N–H and O–H groups in total. The predicted molar refractivity (Wildman–Crippen MR) is 64.5 cm³/mol. The van der Waals surface area contributed by atoms with E-state index in [-0.39, 0.29) is 24.4 Å². The molecule has 1 fully saturated rings. The number of nitrogens with zero attached hydrogens (tertiary/aromatic N) is 1. The van der Waals surface area contributed by atoms with Gasteiger partial charge in [-0.3, -0.25) is 9.59 Å². The highest BCUT2D eigenvalue weighted by Gasteiger charge is 2.36. The molecule has 0 spiro atoms. The molecule has 0 saturated carbocycles. The summed E-state index contributed by atoms with van der Waals surface area (Å²) < 4.78 is 5.58. The van der Waals surface area contributed by atoms with Gasteiger partial charge in [0, 0.05) is 6.61 Å². The number of hydrogen-bond acceptors (Lipinski definition) is 3. The summed E-state index contributed by atoms with van der Waals surface area (Å²) in [4.78, 5) is 25.2. The number of amides is 2. The van der Waals surface area contributed by atoms with Crippen LogP contribution in [0.5, 0.6) is 0 Å². The smallest absolute Gasteiger partial charge is 0.243 e. The third kappa shape index (κ3) is 3.43. The maximum absolute atomic E-state index is 11.8. The van der Waals surface area contributed by atoms with Gasteiger partial charge >= 0.3 is 0 Å². The van der Waals surface area contributed by atoms with E-state index in [1.54, 1.807) is 4.90 Å². The zero-order chi connectivity index (χ0) is 13.1. The topological polar surface area (TPSA) is 58.6 Å². The normalized spacial score (nSPS) is 21.6. The van der Waals surface area contributed by atoms with Crippen LogP contribution in [0.4, 0.5) is 0 Å². The van der Waals surface area contributed by atoms with E-state index in [2.05, 4.69) is 5.32 Å². The molecule has 98 valence electrons. The van der Waals surface area contributed by atoms with Crippen LogP contribution in [0.3, 0.4) is 0 Å². The van der Waals surface area contributed by atoms with Crippen molar-refractivity contribution in [3.63, 3.8) is 0 Å². The molecule has 0 aromatic heterocycles. The molecule has 1 heterocycles. The number of hydrogen-bond donors (Lipinski definition) is 1. The van der Waals surface area contributed by atoms with E-state index in [4.69, 9.17) is 4.74 Å². The first-order chi connectivity index (χ1) is 7.91. The summed E-state index contributed by atoms with van der Waals surface area (Å²) in [5, 5.41) is 2.61. The Bertz CT molecular complexity index is 302. The van der Waals surface area contributed by atoms with Crippen molar-refractivity contribution < 1.29 is 14.3 Å². The maximum Gasteiger partial charge on any atom is 0.243 e. The molecule has 17 heavy (non-hydrogen) atoms. The highest BCUT2D eigenvalue weighted by Crippen LogP contribution is 2.17. The van der Waals surface area contributed by atoms with Crippen molar-refractivity contribution in [3.05, 3.63) is 0 Å². The van der Waals surface area contributed by atoms with E-state index >= 15 is 0 Å². The third-order valence-corrected chi connectivity index (χ3v) is 2.89. The zero-order valence-electron chi connectivity index (χ0n) is 11.1. The van der Waals surface area contributed by atoms with Gasteiger partial charge in [-0.2, -0.15) is 0 Å². The fourth-order valence-corrected chi connectivity index (χ4v) is 2.15. The predicted octanol–water partition coefficient (Wildman–Crippen LogP) is 0.539.